The van der Waals surface area contributed by atoms with E-state index in [1.165, 1.54) is 12.1 Å². The number of aromatic nitrogens is 1. The molecule has 1 aromatic heterocycles. The zero-order valence-electron chi connectivity index (χ0n) is 18.9. The average Bonchev–Trinajstić information content (AvgIpc) is 3.29. The summed E-state index contributed by atoms with van der Waals surface area (Å²) < 4.78 is 44.1. The van der Waals surface area contributed by atoms with Crippen molar-refractivity contribution in [2.24, 2.45) is 0 Å². The Morgan fingerprint density at radius 2 is 1.73 bits per heavy atom. The van der Waals surface area contributed by atoms with Gasteiger partial charge in [0.2, 0.25) is 26.6 Å². The second-order valence-corrected chi connectivity index (χ2v) is 9.50. The minimum atomic E-state index is -3.97. The van der Waals surface area contributed by atoms with Crippen LogP contribution in [0.2, 0.25) is 0 Å². The number of nitrogens with zero attached hydrogens (tertiary/aromatic N) is 2. The first-order valence-electron chi connectivity index (χ1n) is 11.2. The van der Waals surface area contributed by atoms with Crippen LogP contribution in [0.25, 0.3) is 11.5 Å². The van der Waals surface area contributed by atoms with Crippen molar-refractivity contribution in [1.29, 1.82) is 0 Å². The van der Waals surface area contributed by atoms with Crippen LogP contribution in [0.15, 0.2) is 62.9 Å². The lowest BCUT2D eigenvalue weighted by molar-refractivity contribution is 0.171. The highest BCUT2D eigenvalue weighted by molar-refractivity contribution is 7.91. The molecule has 2 heterocycles. The molecule has 0 saturated carbocycles. The van der Waals surface area contributed by atoms with E-state index in [-0.39, 0.29) is 21.7 Å². The minimum Gasteiger partial charge on any atom is -0.486 e. The number of hydrogen-bond donors (Lipinski definition) is 1. The van der Waals surface area contributed by atoms with Crippen molar-refractivity contribution in [1.82, 2.24) is 9.88 Å². The molecule has 1 N–H and O–H groups in total. The van der Waals surface area contributed by atoms with Gasteiger partial charge in [-0.05, 0) is 50.3 Å². The largest absolute Gasteiger partial charge is 0.486 e. The summed E-state index contributed by atoms with van der Waals surface area (Å²) in [4.78, 5) is 6.77. The van der Waals surface area contributed by atoms with Gasteiger partial charge in [0.25, 0.3) is 0 Å². The average molecular weight is 472 g/mol. The maximum absolute atomic E-state index is 13.6. The third-order valence-corrected chi connectivity index (χ3v) is 7.19. The van der Waals surface area contributed by atoms with E-state index >= 15 is 0 Å². The van der Waals surface area contributed by atoms with Crippen LogP contribution in [-0.2, 0) is 9.84 Å². The fourth-order valence-corrected chi connectivity index (χ4v) is 4.94. The summed E-state index contributed by atoms with van der Waals surface area (Å²) in [5, 5.41) is 3.02. The van der Waals surface area contributed by atoms with Gasteiger partial charge in [-0.25, -0.2) is 8.42 Å². The molecule has 0 atom stereocenters. The van der Waals surface area contributed by atoms with E-state index in [0.717, 1.165) is 26.1 Å². The molecule has 0 saturated heterocycles. The summed E-state index contributed by atoms with van der Waals surface area (Å²) in [6.45, 7) is 8.46. The molecule has 1 aliphatic rings. The highest BCUT2D eigenvalue weighted by Gasteiger charge is 2.30. The standard InChI is InChI=1S/C24H29N3O5S/c1-3-27(4-2)14-8-13-25-23-24(26-22(32-23)18-9-6-5-7-10-18)33(28,29)19-11-12-20-21(17-19)31-16-15-30-20/h5-7,9-12,17,25H,3-4,8,13-16H2,1-2H3. The molecular weight excluding hydrogens is 442 g/mol. The quantitative estimate of drug-likeness (QED) is 0.442. The normalized spacial score (nSPS) is 13.3. The van der Waals surface area contributed by atoms with Gasteiger partial charge >= 0.3 is 0 Å². The Bertz CT molecular complexity index is 1170. The molecule has 176 valence electrons. The summed E-state index contributed by atoms with van der Waals surface area (Å²) >= 11 is 0. The third kappa shape index (κ3) is 5.15. The number of sulfone groups is 1. The van der Waals surface area contributed by atoms with E-state index in [1.54, 1.807) is 6.07 Å². The van der Waals surface area contributed by atoms with Crippen molar-refractivity contribution in [3.63, 3.8) is 0 Å². The lowest BCUT2D eigenvalue weighted by Gasteiger charge is -2.18. The van der Waals surface area contributed by atoms with Gasteiger partial charge in [-0.2, -0.15) is 4.98 Å². The SMILES string of the molecule is CCN(CC)CCCNc1oc(-c2ccccc2)nc1S(=O)(=O)c1ccc2c(c1)OCCO2. The Balaban J connectivity index is 1.64. The van der Waals surface area contributed by atoms with Crippen LogP contribution in [0.1, 0.15) is 20.3 Å². The second kappa shape index (κ2) is 10.3. The first-order chi connectivity index (χ1) is 16.0. The van der Waals surface area contributed by atoms with Gasteiger partial charge in [-0.1, -0.05) is 32.0 Å². The Labute approximate surface area is 194 Å². The molecule has 9 heteroatoms. The smallest absolute Gasteiger partial charge is 0.233 e. The molecule has 0 fully saturated rings. The van der Waals surface area contributed by atoms with Crippen LogP contribution in [0.3, 0.4) is 0 Å². The fraction of sp³-hybridized carbons (Fsp3) is 0.375. The molecule has 0 spiro atoms. The van der Waals surface area contributed by atoms with Gasteiger partial charge in [-0.15, -0.1) is 0 Å². The Hall–Kier alpha value is -3.04. The van der Waals surface area contributed by atoms with Crippen molar-refractivity contribution >= 4 is 15.7 Å². The summed E-state index contributed by atoms with van der Waals surface area (Å²) in [5.41, 5.74) is 0.701. The maximum Gasteiger partial charge on any atom is 0.233 e. The molecule has 0 bridgehead atoms. The van der Waals surface area contributed by atoms with Crippen LogP contribution in [-0.4, -0.2) is 57.7 Å². The van der Waals surface area contributed by atoms with Gasteiger partial charge in [0.1, 0.15) is 13.2 Å². The van der Waals surface area contributed by atoms with Crippen LogP contribution >= 0.6 is 0 Å². The Morgan fingerprint density at radius 3 is 2.45 bits per heavy atom. The van der Waals surface area contributed by atoms with Crippen molar-refractivity contribution in [3.05, 3.63) is 48.5 Å². The predicted octanol–water partition coefficient (Wildman–Crippen LogP) is 4.09. The molecule has 3 aromatic rings. The lowest BCUT2D eigenvalue weighted by Crippen LogP contribution is -2.25. The fourth-order valence-electron chi connectivity index (χ4n) is 3.65. The van der Waals surface area contributed by atoms with Crippen molar-refractivity contribution in [2.45, 2.75) is 30.2 Å². The van der Waals surface area contributed by atoms with Gasteiger partial charge in [0.05, 0.1) is 4.90 Å². The van der Waals surface area contributed by atoms with Crippen molar-refractivity contribution < 1.29 is 22.3 Å². The van der Waals surface area contributed by atoms with E-state index in [1.807, 2.05) is 30.3 Å². The van der Waals surface area contributed by atoms with Crippen LogP contribution in [0.5, 0.6) is 11.5 Å². The first kappa shape index (κ1) is 23.1. The molecule has 0 amide bonds. The zero-order valence-corrected chi connectivity index (χ0v) is 19.7. The summed E-state index contributed by atoms with van der Waals surface area (Å²) in [7, 11) is -3.97. The highest BCUT2D eigenvalue weighted by Crippen LogP contribution is 2.37. The van der Waals surface area contributed by atoms with Crippen molar-refractivity contribution in [3.8, 4) is 23.0 Å². The second-order valence-electron chi connectivity index (χ2n) is 7.64. The molecule has 8 nitrogen and oxygen atoms in total. The predicted molar refractivity (Wildman–Crippen MR) is 126 cm³/mol. The van der Waals surface area contributed by atoms with E-state index in [4.69, 9.17) is 13.9 Å². The number of hydrogen-bond acceptors (Lipinski definition) is 8. The molecule has 33 heavy (non-hydrogen) atoms. The molecule has 4 rings (SSSR count). The Morgan fingerprint density at radius 1 is 1.00 bits per heavy atom. The van der Waals surface area contributed by atoms with E-state index < -0.39 is 9.84 Å². The molecule has 0 aliphatic carbocycles. The van der Waals surface area contributed by atoms with E-state index in [0.29, 0.717) is 36.8 Å². The summed E-state index contributed by atoms with van der Waals surface area (Å²) in [6.07, 6.45) is 0.840. The van der Waals surface area contributed by atoms with Crippen LogP contribution in [0, 0.1) is 0 Å². The lowest BCUT2D eigenvalue weighted by atomic mass is 10.2. The molecule has 0 radical (unpaired) electrons. The van der Waals surface area contributed by atoms with Gasteiger partial charge in [0, 0.05) is 18.2 Å². The molecule has 1 aliphatic heterocycles. The number of anilines is 1. The van der Waals surface area contributed by atoms with E-state index in [2.05, 4.69) is 29.0 Å². The monoisotopic (exact) mass is 471 g/mol. The molecule has 0 unspecified atom stereocenters. The number of rotatable bonds is 10. The highest BCUT2D eigenvalue weighted by atomic mass is 32.2. The number of nitrogens with one attached hydrogen (secondary N) is 1. The van der Waals surface area contributed by atoms with Crippen molar-refractivity contribution in [2.75, 3.05) is 44.7 Å². The summed E-state index contributed by atoms with van der Waals surface area (Å²) in [5.74, 6) is 1.32. The topological polar surface area (TPSA) is 93.9 Å². The number of fused-ring (bicyclic) bond motifs is 1. The first-order valence-corrected chi connectivity index (χ1v) is 12.7. The van der Waals surface area contributed by atoms with Gasteiger partial charge in [0.15, 0.2) is 11.5 Å². The molecular formula is C24H29N3O5S. The van der Waals surface area contributed by atoms with Crippen LogP contribution < -0.4 is 14.8 Å². The molecule has 2 aromatic carbocycles. The van der Waals surface area contributed by atoms with Crippen LogP contribution in [0.4, 0.5) is 5.88 Å². The number of benzene rings is 2. The minimum absolute atomic E-state index is 0.0749. The summed E-state index contributed by atoms with van der Waals surface area (Å²) in [6, 6.07) is 13.8. The third-order valence-electron chi connectivity index (χ3n) is 5.53. The number of oxazole rings is 1. The Kier molecular flexibility index (Phi) is 7.20. The van der Waals surface area contributed by atoms with Gasteiger partial charge in [-0.3, -0.25) is 0 Å². The maximum atomic E-state index is 13.6. The zero-order chi connectivity index (χ0) is 23.3. The number of ether oxygens (including phenoxy) is 2. The van der Waals surface area contributed by atoms with E-state index in [9.17, 15) is 8.42 Å². The van der Waals surface area contributed by atoms with Gasteiger partial charge < -0.3 is 24.1 Å².